The second-order valence-corrected chi connectivity index (χ2v) is 13.2. The molecule has 9 atom stereocenters. The number of rotatable bonds is 6. The Hall–Kier alpha value is -2.63. The van der Waals surface area contributed by atoms with Crippen molar-refractivity contribution < 1.29 is 44.0 Å². The molecule has 10 nitrogen and oxygen atoms in total. The van der Waals surface area contributed by atoms with Crippen LogP contribution in [0.4, 0.5) is 0 Å². The number of carbonyl (C=O) groups is 3. The Labute approximate surface area is 246 Å². The van der Waals surface area contributed by atoms with Gasteiger partial charge in [0.05, 0.1) is 29.1 Å². The van der Waals surface area contributed by atoms with E-state index >= 15 is 0 Å². The minimum absolute atomic E-state index is 0.189. The minimum atomic E-state index is -1.98. The average molecular weight is 586 g/mol. The zero-order chi connectivity index (χ0) is 30.8. The van der Waals surface area contributed by atoms with E-state index in [4.69, 9.17) is 14.3 Å². The summed E-state index contributed by atoms with van der Waals surface area (Å²) in [6, 6.07) is 8.32. The Morgan fingerprint density at radius 3 is 2.36 bits per heavy atom. The molecule has 1 aromatic rings. The molecule has 4 N–H and O–H groups in total. The first-order valence-corrected chi connectivity index (χ1v) is 14.8. The second-order valence-electron chi connectivity index (χ2n) is 13.2. The van der Waals surface area contributed by atoms with Gasteiger partial charge in [0.2, 0.25) is 0 Å². The van der Waals surface area contributed by atoms with Crippen LogP contribution in [0.5, 0.6) is 0 Å². The van der Waals surface area contributed by atoms with Gasteiger partial charge in [0.1, 0.15) is 23.4 Å². The number of hydroxylamine groups is 1. The fraction of sp³-hybridized carbons (Fsp3) is 0.656. The van der Waals surface area contributed by atoms with E-state index in [2.05, 4.69) is 5.48 Å². The van der Waals surface area contributed by atoms with Crippen LogP contribution in [-0.4, -0.2) is 75.2 Å². The summed E-state index contributed by atoms with van der Waals surface area (Å²) in [6.45, 7) is 10.2. The maximum atomic E-state index is 14.7. The van der Waals surface area contributed by atoms with Crippen molar-refractivity contribution in [2.24, 2.45) is 22.7 Å². The van der Waals surface area contributed by atoms with Crippen molar-refractivity contribution >= 4 is 17.7 Å². The zero-order valence-electron chi connectivity index (χ0n) is 25.2. The van der Waals surface area contributed by atoms with Crippen LogP contribution in [0.25, 0.3) is 0 Å². The second kappa shape index (κ2) is 10.5. The van der Waals surface area contributed by atoms with Crippen molar-refractivity contribution in [1.29, 1.82) is 0 Å². The molecule has 10 heteroatoms. The van der Waals surface area contributed by atoms with E-state index in [0.29, 0.717) is 31.4 Å². The number of esters is 2. The van der Waals surface area contributed by atoms with E-state index < -0.39 is 70.1 Å². The minimum Gasteiger partial charge on any atom is -0.458 e. The van der Waals surface area contributed by atoms with E-state index in [0.717, 1.165) is 0 Å². The first-order valence-electron chi connectivity index (χ1n) is 14.8. The summed E-state index contributed by atoms with van der Waals surface area (Å²) in [4.78, 5) is 47.3. The molecule has 0 spiro atoms. The summed E-state index contributed by atoms with van der Waals surface area (Å²) in [5.41, 5.74) is -2.50. The lowest BCUT2D eigenvalue weighted by Crippen LogP contribution is -2.78. The molecule has 4 aliphatic carbocycles. The first-order chi connectivity index (χ1) is 19.7. The van der Waals surface area contributed by atoms with Gasteiger partial charge in [0, 0.05) is 31.2 Å². The van der Waals surface area contributed by atoms with Crippen molar-refractivity contribution in [3.63, 3.8) is 0 Å². The molecular weight excluding hydrogens is 542 g/mol. The largest absolute Gasteiger partial charge is 0.458 e. The Bertz CT molecular complexity index is 1290. The van der Waals surface area contributed by atoms with E-state index in [1.165, 1.54) is 6.92 Å². The van der Waals surface area contributed by atoms with Gasteiger partial charge in [-0.1, -0.05) is 39.0 Å². The van der Waals surface area contributed by atoms with Gasteiger partial charge in [0.25, 0.3) is 0 Å². The normalized spacial score (nSPS) is 40.5. The molecule has 0 aliphatic heterocycles. The Balaban J connectivity index is 1.82. The van der Waals surface area contributed by atoms with Crippen LogP contribution in [0.2, 0.25) is 0 Å². The van der Waals surface area contributed by atoms with Crippen LogP contribution in [0.1, 0.15) is 77.6 Å². The van der Waals surface area contributed by atoms with Gasteiger partial charge < -0.3 is 24.8 Å². The third-order valence-corrected chi connectivity index (χ3v) is 10.9. The number of Topliss-reactive ketones (excluding diaryl/α,β-unsaturated/α-hetero) is 1. The van der Waals surface area contributed by atoms with Crippen LogP contribution in [0, 0.1) is 22.7 Å². The lowest BCUT2D eigenvalue weighted by molar-refractivity contribution is -0.304. The lowest BCUT2D eigenvalue weighted by Gasteiger charge is -2.68. The molecule has 0 radical (unpaired) electrons. The predicted octanol–water partition coefficient (Wildman–Crippen LogP) is 2.64. The number of aliphatic hydroxyl groups is 3. The van der Waals surface area contributed by atoms with Gasteiger partial charge >= 0.3 is 11.9 Å². The summed E-state index contributed by atoms with van der Waals surface area (Å²) in [6.07, 6.45) is -4.02. The Kier molecular flexibility index (Phi) is 7.72. The third kappa shape index (κ3) is 4.21. The van der Waals surface area contributed by atoms with Crippen LogP contribution in [0.15, 0.2) is 41.5 Å². The Morgan fingerprint density at radius 2 is 1.79 bits per heavy atom. The van der Waals surface area contributed by atoms with Gasteiger partial charge in [-0.25, -0.2) is 10.3 Å². The van der Waals surface area contributed by atoms with Gasteiger partial charge in [0.15, 0.2) is 5.78 Å². The van der Waals surface area contributed by atoms with Gasteiger partial charge in [-0.3, -0.25) is 14.4 Å². The van der Waals surface area contributed by atoms with E-state index in [-0.39, 0.29) is 23.5 Å². The molecule has 5 rings (SSSR count). The number of benzene rings is 1. The van der Waals surface area contributed by atoms with Crippen molar-refractivity contribution in [2.75, 3.05) is 6.54 Å². The smallest absolute Gasteiger partial charge is 0.338 e. The SMILES string of the molecule is CCNO[C@H]1C[C@H]2CC[C@@]2(OC(C)=O)[C@H]2[C@H](OC(=O)c3ccccc3)[C@]3(O)C[C@@H](O)C(C)=C([C@@H](O)C(=O)[C@]12C)C3(C)C. The molecule has 0 amide bonds. The summed E-state index contributed by atoms with van der Waals surface area (Å²) < 4.78 is 12.5. The molecule has 0 aromatic heterocycles. The Morgan fingerprint density at radius 1 is 1.12 bits per heavy atom. The molecule has 1 aromatic carbocycles. The summed E-state index contributed by atoms with van der Waals surface area (Å²) >= 11 is 0. The number of aliphatic hydroxyl groups excluding tert-OH is 2. The lowest BCUT2D eigenvalue weighted by atomic mass is 9.41. The van der Waals surface area contributed by atoms with Crippen molar-refractivity contribution in [1.82, 2.24) is 5.48 Å². The molecule has 42 heavy (non-hydrogen) atoms. The standard InChI is InChI=1S/C32H43NO9/c1-7-33-42-22-15-20-13-14-31(20,41-18(3)34)25-27(40-28(38)19-11-9-8-10-12-19)32(39)16-21(35)17(2)23(29(32,4)5)24(36)26(37)30(22,25)6/h8-12,20-22,24-25,27,33,35-36,39H,7,13-16H2,1-6H3/t20-,21-,22+,24-,25+,27+,30-,31+,32-/m1/s1. The maximum absolute atomic E-state index is 14.7. The number of hydrogen-bond donors (Lipinski definition) is 4. The molecular formula is C32H43NO9. The van der Waals surface area contributed by atoms with Crippen LogP contribution in [0.3, 0.4) is 0 Å². The van der Waals surface area contributed by atoms with Gasteiger partial charge in [-0.2, -0.15) is 0 Å². The topological polar surface area (TPSA) is 152 Å². The zero-order valence-corrected chi connectivity index (χ0v) is 25.2. The summed E-state index contributed by atoms with van der Waals surface area (Å²) in [5, 5.41) is 36.0. The van der Waals surface area contributed by atoms with Crippen molar-refractivity contribution in [2.45, 2.75) is 103 Å². The molecule has 0 heterocycles. The van der Waals surface area contributed by atoms with Crippen LogP contribution >= 0.6 is 0 Å². The number of hydrogen-bond acceptors (Lipinski definition) is 10. The maximum Gasteiger partial charge on any atom is 0.338 e. The number of ketones is 1. The van der Waals surface area contributed by atoms with Crippen LogP contribution in [-0.2, 0) is 23.9 Å². The summed E-state index contributed by atoms with van der Waals surface area (Å²) in [5.74, 6) is -3.28. The predicted molar refractivity (Wildman–Crippen MR) is 151 cm³/mol. The molecule has 2 bridgehead atoms. The average Bonchev–Trinajstić information content (AvgIpc) is 2.93. The fourth-order valence-electron chi connectivity index (χ4n) is 8.54. The molecule has 3 fully saturated rings. The van der Waals surface area contributed by atoms with E-state index in [9.17, 15) is 29.7 Å². The molecule has 3 saturated carbocycles. The monoisotopic (exact) mass is 585 g/mol. The van der Waals surface area contributed by atoms with Gasteiger partial charge in [-0.15, -0.1) is 0 Å². The molecule has 0 saturated heterocycles. The number of nitrogens with one attached hydrogen (secondary N) is 1. The molecule has 230 valence electrons. The number of ether oxygens (including phenoxy) is 2. The quantitative estimate of drug-likeness (QED) is 0.223. The number of fused-ring (bicyclic) bond motifs is 5. The van der Waals surface area contributed by atoms with E-state index in [1.54, 1.807) is 58.0 Å². The van der Waals surface area contributed by atoms with Gasteiger partial charge in [-0.05, 0) is 56.4 Å². The highest BCUT2D eigenvalue weighted by atomic mass is 16.7. The first kappa shape index (κ1) is 30.8. The van der Waals surface area contributed by atoms with Crippen LogP contribution < -0.4 is 5.48 Å². The number of carbonyl (C=O) groups excluding carboxylic acids is 3. The van der Waals surface area contributed by atoms with Crippen molar-refractivity contribution in [3.8, 4) is 0 Å². The third-order valence-electron chi connectivity index (χ3n) is 10.9. The highest BCUT2D eigenvalue weighted by Gasteiger charge is 2.77. The highest BCUT2D eigenvalue weighted by molar-refractivity contribution is 5.94. The molecule has 4 aliphatic rings. The fourth-order valence-corrected chi connectivity index (χ4v) is 8.54. The van der Waals surface area contributed by atoms with E-state index in [1.807, 2.05) is 6.92 Å². The highest BCUT2D eigenvalue weighted by Crippen LogP contribution is 2.67. The summed E-state index contributed by atoms with van der Waals surface area (Å²) in [7, 11) is 0. The molecule has 0 unspecified atom stereocenters. The van der Waals surface area contributed by atoms with Crippen molar-refractivity contribution in [3.05, 3.63) is 47.0 Å².